The maximum absolute atomic E-state index is 5.73. The van der Waals surface area contributed by atoms with Crippen LogP contribution in [0.25, 0.3) is 0 Å². The minimum Gasteiger partial charge on any atom is -0.373 e. The third kappa shape index (κ3) is 2.58. The Kier molecular flexibility index (Phi) is 3.42. The van der Waals surface area contributed by atoms with Gasteiger partial charge in [-0.25, -0.2) is 0 Å². The lowest BCUT2D eigenvalue weighted by atomic mass is 9.99. The molecule has 2 aliphatic heterocycles. The van der Waals surface area contributed by atoms with Crippen LogP contribution in [-0.2, 0) is 0 Å². The molecule has 0 aromatic carbocycles. The summed E-state index contributed by atoms with van der Waals surface area (Å²) < 4.78 is 0. The van der Waals surface area contributed by atoms with Gasteiger partial charge < -0.3 is 16.4 Å². The number of fused-ring (bicyclic) bond motifs is 1. The van der Waals surface area contributed by atoms with Crippen LogP contribution in [0.4, 0.5) is 17.6 Å². The Morgan fingerprint density at radius 3 is 2.89 bits per heavy atom. The van der Waals surface area contributed by atoms with Gasteiger partial charge in [-0.3, -0.25) is 4.90 Å². The Labute approximate surface area is 113 Å². The summed E-state index contributed by atoms with van der Waals surface area (Å²) in [5.74, 6) is 1.90. The number of aromatic nitrogens is 2. The van der Waals surface area contributed by atoms with Crippen LogP contribution >= 0.6 is 0 Å². The third-order valence-corrected chi connectivity index (χ3v) is 4.19. The SMILES string of the molecule is CNc1cc(NC2CCN3CCCCC23)nc(N)n1. The molecule has 2 atom stereocenters. The fourth-order valence-electron chi connectivity index (χ4n) is 3.27. The maximum Gasteiger partial charge on any atom is 0.223 e. The van der Waals surface area contributed by atoms with Gasteiger partial charge in [0, 0.05) is 31.7 Å². The molecule has 1 aromatic rings. The van der Waals surface area contributed by atoms with Gasteiger partial charge in [-0.05, 0) is 25.8 Å². The third-order valence-electron chi connectivity index (χ3n) is 4.19. The number of nitrogens with two attached hydrogens (primary N) is 1. The van der Waals surface area contributed by atoms with Crippen LogP contribution < -0.4 is 16.4 Å². The van der Waals surface area contributed by atoms with E-state index in [1.165, 1.54) is 38.8 Å². The molecule has 0 radical (unpaired) electrons. The summed E-state index contributed by atoms with van der Waals surface area (Å²) in [7, 11) is 1.84. The molecule has 0 amide bonds. The highest BCUT2D eigenvalue weighted by Gasteiger charge is 2.35. The van der Waals surface area contributed by atoms with E-state index in [2.05, 4.69) is 25.5 Å². The molecule has 6 heteroatoms. The van der Waals surface area contributed by atoms with E-state index in [-0.39, 0.29) is 0 Å². The highest BCUT2D eigenvalue weighted by atomic mass is 15.2. The molecule has 1 aromatic heterocycles. The second-order valence-electron chi connectivity index (χ2n) is 5.39. The van der Waals surface area contributed by atoms with Crippen molar-refractivity contribution in [3.05, 3.63) is 6.07 Å². The Bertz CT molecular complexity index is 449. The van der Waals surface area contributed by atoms with Crippen molar-refractivity contribution >= 4 is 17.6 Å². The molecule has 2 unspecified atom stereocenters. The molecule has 4 N–H and O–H groups in total. The molecule has 19 heavy (non-hydrogen) atoms. The zero-order valence-electron chi connectivity index (χ0n) is 11.4. The van der Waals surface area contributed by atoms with Crippen molar-refractivity contribution in [2.75, 3.05) is 36.5 Å². The van der Waals surface area contributed by atoms with Crippen molar-refractivity contribution in [1.82, 2.24) is 14.9 Å². The summed E-state index contributed by atoms with van der Waals surface area (Å²) >= 11 is 0. The quantitative estimate of drug-likeness (QED) is 0.758. The summed E-state index contributed by atoms with van der Waals surface area (Å²) in [6, 6.07) is 3.06. The van der Waals surface area contributed by atoms with E-state index in [4.69, 9.17) is 5.73 Å². The van der Waals surface area contributed by atoms with Gasteiger partial charge in [0.05, 0.1) is 0 Å². The van der Waals surface area contributed by atoms with Crippen molar-refractivity contribution in [2.24, 2.45) is 0 Å². The second-order valence-corrected chi connectivity index (χ2v) is 5.39. The molecule has 0 bridgehead atoms. The zero-order chi connectivity index (χ0) is 13.2. The molecule has 2 fully saturated rings. The fraction of sp³-hybridized carbons (Fsp3) is 0.692. The fourth-order valence-corrected chi connectivity index (χ4v) is 3.27. The summed E-state index contributed by atoms with van der Waals surface area (Å²) in [6.45, 7) is 2.44. The van der Waals surface area contributed by atoms with Gasteiger partial charge in [0.1, 0.15) is 11.6 Å². The van der Waals surface area contributed by atoms with Crippen LogP contribution in [0, 0.1) is 0 Å². The standard InChI is InChI=1S/C13H22N6/c1-15-11-8-12(18-13(14)17-11)16-9-5-7-19-6-3-2-4-10(9)19/h8-10H,2-7H2,1H3,(H4,14,15,16,17,18). The number of hydrogen-bond acceptors (Lipinski definition) is 6. The molecular formula is C13H22N6. The Balaban J connectivity index is 1.72. The number of rotatable bonds is 3. The first kappa shape index (κ1) is 12.5. The van der Waals surface area contributed by atoms with Gasteiger partial charge in [0.15, 0.2) is 0 Å². The molecule has 2 saturated heterocycles. The van der Waals surface area contributed by atoms with Crippen molar-refractivity contribution in [2.45, 2.75) is 37.8 Å². The minimum atomic E-state index is 0.313. The molecule has 6 nitrogen and oxygen atoms in total. The number of nitrogen functional groups attached to an aromatic ring is 1. The topological polar surface area (TPSA) is 79.1 Å². The number of nitrogens with zero attached hydrogens (tertiary/aromatic N) is 3. The van der Waals surface area contributed by atoms with Crippen LogP contribution in [0.15, 0.2) is 6.07 Å². The number of nitrogens with one attached hydrogen (secondary N) is 2. The lowest BCUT2D eigenvalue weighted by Crippen LogP contribution is -2.41. The van der Waals surface area contributed by atoms with Crippen molar-refractivity contribution in [1.29, 1.82) is 0 Å². The van der Waals surface area contributed by atoms with Crippen LogP contribution in [0.1, 0.15) is 25.7 Å². The molecule has 0 spiro atoms. The molecular weight excluding hydrogens is 240 g/mol. The highest BCUT2D eigenvalue weighted by molar-refractivity contribution is 5.51. The summed E-state index contributed by atoms with van der Waals surface area (Å²) in [5, 5.41) is 6.55. The van der Waals surface area contributed by atoms with Gasteiger partial charge in [0.2, 0.25) is 5.95 Å². The van der Waals surface area contributed by atoms with E-state index in [1.54, 1.807) is 0 Å². The predicted octanol–water partition coefficient (Wildman–Crippen LogP) is 1.14. The molecule has 3 rings (SSSR count). The van der Waals surface area contributed by atoms with E-state index in [0.717, 1.165) is 11.6 Å². The number of hydrogen-bond donors (Lipinski definition) is 3. The van der Waals surface area contributed by atoms with Crippen molar-refractivity contribution in [3.8, 4) is 0 Å². The van der Waals surface area contributed by atoms with E-state index in [0.29, 0.717) is 18.0 Å². The van der Waals surface area contributed by atoms with Gasteiger partial charge in [0.25, 0.3) is 0 Å². The van der Waals surface area contributed by atoms with Crippen molar-refractivity contribution < 1.29 is 0 Å². The normalized spacial score (nSPS) is 27.0. The molecule has 0 saturated carbocycles. The summed E-state index contributed by atoms with van der Waals surface area (Å²) in [4.78, 5) is 11.0. The Morgan fingerprint density at radius 1 is 1.21 bits per heavy atom. The van der Waals surface area contributed by atoms with Gasteiger partial charge >= 0.3 is 0 Å². The molecule has 104 valence electrons. The van der Waals surface area contributed by atoms with Gasteiger partial charge in [-0.15, -0.1) is 0 Å². The van der Waals surface area contributed by atoms with Crippen LogP contribution in [0.3, 0.4) is 0 Å². The lowest BCUT2D eigenvalue weighted by molar-refractivity contribution is 0.192. The van der Waals surface area contributed by atoms with Crippen LogP contribution in [-0.4, -0.2) is 47.1 Å². The predicted molar refractivity (Wildman–Crippen MR) is 77.2 cm³/mol. The number of anilines is 3. The summed E-state index contributed by atoms with van der Waals surface area (Å²) in [6.07, 6.45) is 5.15. The van der Waals surface area contributed by atoms with E-state index in [9.17, 15) is 0 Å². The van der Waals surface area contributed by atoms with Crippen LogP contribution in [0.2, 0.25) is 0 Å². The van der Waals surface area contributed by atoms with Gasteiger partial charge in [-0.1, -0.05) is 6.42 Å². The average Bonchev–Trinajstić information content (AvgIpc) is 2.82. The summed E-state index contributed by atoms with van der Waals surface area (Å²) in [5.41, 5.74) is 5.73. The van der Waals surface area contributed by atoms with Crippen LogP contribution in [0.5, 0.6) is 0 Å². The zero-order valence-corrected chi connectivity index (χ0v) is 11.4. The van der Waals surface area contributed by atoms with E-state index >= 15 is 0 Å². The lowest BCUT2D eigenvalue weighted by Gasteiger charge is -2.32. The van der Waals surface area contributed by atoms with Gasteiger partial charge in [-0.2, -0.15) is 9.97 Å². The number of piperidine rings is 1. The Morgan fingerprint density at radius 2 is 2.05 bits per heavy atom. The monoisotopic (exact) mass is 262 g/mol. The first-order valence-electron chi connectivity index (χ1n) is 7.09. The molecule has 2 aliphatic rings. The minimum absolute atomic E-state index is 0.313. The first-order valence-corrected chi connectivity index (χ1v) is 7.09. The first-order chi connectivity index (χ1) is 9.26. The molecule has 0 aliphatic carbocycles. The Hall–Kier alpha value is -1.56. The highest BCUT2D eigenvalue weighted by Crippen LogP contribution is 2.29. The van der Waals surface area contributed by atoms with E-state index in [1.807, 2.05) is 13.1 Å². The largest absolute Gasteiger partial charge is 0.373 e. The smallest absolute Gasteiger partial charge is 0.223 e. The van der Waals surface area contributed by atoms with Crippen molar-refractivity contribution in [3.63, 3.8) is 0 Å². The molecule has 3 heterocycles. The second kappa shape index (κ2) is 5.21. The van der Waals surface area contributed by atoms with E-state index < -0.39 is 0 Å². The maximum atomic E-state index is 5.73. The average molecular weight is 262 g/mol.